The van der Waals surface area contributed by atoms with Gasteiger partial charge in [0.15, 0.2) is 5.78 Å². The molecule has 0 aromatic rings. The third-order valence-electron chi connectivity index (χ3n) is 5.26. The smallest absolute Gasteiger partial charge is 0.236 e. The number of ketones is 1. The Bertz CT molecular complexity index is 398. The number of ether oxygens (including phenoxy) is 1. The van der Waals surface area contributed by atoms with Gasteiger partial charge in [0.05, 0.1) is 13.2 Å². The molecule has 3 fully saturated rings. The van der Waals surface area contributed by atoms with Crippen LogP contribution in [0.4, 0.5) is 0 Å². The molecule has 1 saturated heterocycles. The van der Waals surface area contributed by atoms with Gasteiger partial charge >= 0.3 is 0 Å². The van der Waals surface area contributed by atoms with Gasteiger partial charge in [0.1, 0.15) is 5.41 Å². The molecule has 100 valence electrons. The van der Waals surface area contributed by atoms with E-state index in [1.165, 1.54) is 0 Å². The zero-order chi connectivity index (χ0) is 13.0. The summed E-state index contributed by atoms with van der Waals surface area (Å²) in [5.41, 5.74) is -0.994. The Hall–Kier alpha value is -0.900. The number of Topliss-reactive ketones (excluding diaryl/α,β-unsaturated/α-hetero) is 1. The Morgan fingerprint density at radius 1 is 1.33 bits per heavy atom. The van der Waals surface area contributed by atoms with Gasteiger partial charge in [-0.05, 0) is 25.2 Å². The first-order valence-electron chi connectivity index (χ1n) is 6.90. The van der Waals surface area contributed by atoms with E-state index in [4.69, 9.17) is 4.74 Å². The van der Waals surface area contributed by atoms with Crippen LogP contribution in [0.5, 0.6) is 0 Å². The number of fused-ring (bicyclic) bond motifs is 2. The fourth-order valence-electron chi connectivity index (χ4n) is 4.03. The predicted octanol–water partition coefficient (Wildman–Crippen LogP) is 1.24. The van der Waals surface area contributed by atoms with Crippen LogP contribution in [-0.2, 0) is 14.3 Å². The molecule has 2 saturated carbocycles. The Balaban J connectivity index is 1.87. The van der Waals surface area contributed by atoms with Crippen molar-refractivity contribution < 1.29 is 14.3 Å². The number of amides is 1. The Labute approximate surface area is 108 Å². The van der Waals surface area contributed by atoms with E-state index in [1.807, 2.05) is 18.7 Å². The molecule has 3 rings (SSSR count). The quantitative estimate of drug-likeness (QED) is 0.659. The average Bonchev–Trinajstić information content (AvgIpc) is 2.90. The highest BCUT2D eigenvalue weighted by molar-refractivity contribution is 6.10. The monoisotopic (exact) mass is 251 g/mol. The van der Waals surface area contributed by atoms with E-state index in [-0.39, 0.29) is 17.1 Å². The van der Waals surface area contributed by atoms with E-state index in [0.29, 0.717) is 32.2 Å². The summed E-state index contributed by atoms with van der Waals surface area (Å²) < 4.78 is 5.28. The number of morpholine rings is 1. The Morgan fingerprint density at radius 3 is 2.56 bits per heavy atom. The summed E-state index contributed by atoms with van der Waals surface area (Å²) in [6, 6.07) is 0. The van der Waals surface area contributed by atoms with Crippen molar-refractivity contribution in [3.63, 3.8) is 0 Å². The van der Waals surface area contributed by atoms with Gasteiger partial charge in [0, 0.05) is 18.5 Å². The van der Waals surface area contributed by atoms with Crippen LogP contribution in [-0.4, -0.2) is 42.9 Å². The molecular weight excluding hydrogens is 230 g/mol. The van der Waals surface area contributed by atoms with Gasteiger partial charge < -0.3 is 9.64 Å². The molecule has 1 heterocycles. The largest absolute Gasteiger partial charge is 0.378 e. The number of hydrogen-bond donors (Lipinski definition) is 0. The maximum absolute atomic E-state index is 12.7. The van der Waals surface area contributed by atoms with Gasteiger partial charge in [-0.25, -0.2) is 0 Å². The number of hydrogen-bond acceptors (Lipinski definition) is 3. The van der Waals surface area contributed by atoms with Gasteiger partial charge in [0.2, 0.25) is 5.91 Å². The number of rotatable bonds is 1. The second-order valence-electron chi connectivity index (χ2n) is 6.48. The van der Waals surface area contributed by atoms with E-state index in [0.717, 1.165) is 19.3 Å². The molecule has 0 N–H and O–H groups in total. The van der Waals surface area contributed by atoms with Crippen molar-refractivity contribution in [2.75, 3.05) is 26.3 Å². The summed E-state index contributed by atoms with van der Waals surface area (Å²) >= 11 is 0. The van der Waals surface area contributed by atoms with Crippen LogP contribution < -0.4 is 0 Å². The molecule has 4 nitrogen and oxygen atoms in total. The highest BCUT2D eigenvalue weighted by Gasteiger charge is 2.65. The SMILES string of the molecule is CC1(C)C(=O)[C@@]2(C(=O)N3CCOCC3)CC[C@@H]1C2. The third-order valence-corrected chi connectivity index (χ3v) is 5.26. The van der Waals surface area contributed by atoms with Crippen molar-refractivity contribution in [2.45, 2.75) is 33.1 Å². The summed E-state index contributed by atoms with van der Waals surface area (Å²) in [5, 5.41) is 0. The van der Waals surface area contributed by atoms with E-state index >= 15 is 0 Å². The second kappa shape index (κ2) is 3.80. The van der Waals surface area contributed by atoms with Gasteiger partial charge in [-0.3, -0.25) is 9.59 Å². The first-order valence-corrected chi connectivity index (χ1v) is 6.90. The lowest BCUT2D eigenvalue weighted by Crippen LogP contribution is -2.52. The maximum atomic E-state index is 12.7. The molecule has 3 aliphatic rings. The minimum absolute atomic E-state index is 0.0730. The lowest BCUT2D eigenvalue weighted by molar-refractivity contribution is -0.154. The van der Waals surface area contributed by atoms with Crippen molar-refractivity contribution in [2.24, 2.45) is 16.7 Å². The first-order chi connectivity index (χ1) is 8.48. The van der Waals surface area contributed by atoms with Crippen molar-refractivity contribution in [1.29, 1.82) is 0 Å². The van der Waals surface area contributed by atoms with E-state index < -0.39 is 5.41 Å². The normalized spacial score (nSPS) is 38.2. The fraction of sp³-hybridized carbons (Fsp3) is 0.857. The van der Waals surface area contributed by atoms with Crippen LogP contribution in [0.25, 0.3) is 0 Å². The highest BCUT2D eigenvalue weighted by Crippen LogP contribution is 2.60. The molecular formula is C14H21NO3. The van der Waals surface area contributed by atoms with Crippen molar-refractivity contribution in [1.82, 2.24) is 4.90 Å². The Morgan fingerprint density at radius 2 is 2.00 bits per heavy atom. The van der Waals surface area contributed by atoms with Crippen LogP contribution in [0.2, 0.25) is 0 Å². The minimum atomic E-state index is -0.689. The van der Waals surface area contributed by atoms with Gasteiger partial charge in [-0.15, -0.1) is 0 Å². The molecule has 0 aromatic heterocycles. The topological polar surface area (TPSA) is 46.6 Å². The van der Waals surface area contributed by atoms with Gasteiger partial charge in [-0.2, -0.15) is 0 Å². The number of carbonyl (C=O) groups excluding carboxylic acids is 2. The van der Waals surface area contributed by atoms with Crippen molar-refractivity contribution in [3.8, 4) is 0 Å². The first kappa shape index (κ1) is 12.2. The molecule has 0 spiro atoms. The zero-order valence-corrected chi connectivity index (χ0v) is 11.2. The predicted molar refractivity (Wildman–Crippen MR) is 66.0 cm³/mol. The van der Waals surface area contributed by atoms with Gasteiger partial charge in [0.25, 0.3) is 0 Å². The summed E-state index contributed by atoms with van der Waals surface area (Å²) in [7, 11) is 0. The standard InChI is InChI=1S/C14H21NO3/c1-13(2)10-3-4-14(9-10,11(13)16)12(17)15-5-7-18-8-6-15/h10H,3-9H2,1-2H3/t10-,14-/m1/s1. The lowest BCUT2D eigenvalue weighted by atomic mass is 9.70. The molecule has 0 unspecified atom stereocenters. The molecule has 18 heavy (non-hydrogen) atoms. The molecule has 4 heteroatoms. The Kier molecular flexibility index (Phi) is 2.56. The van der Waals surface area contributed by atoms with Crippen LogP contribution >= 0.6 is 0 Å². The van der Waals surface area contributed by atoms with E-state index in [2.05, 4.69) is 0 Å². The molecule has 0 aromatic carbocycles. The summed E-state index contributed by atoms with van der Waals surface area (Å²) in [6.07, 6.45) is 2.56. The highest BCUT2D eigenvalue weighted by atomic mass is 16.5. The molecule has 1 aliphatic heterocycles. The van der Waals surface area contributed by atoms with E-state index in [1.54, 1.807) is 0 Å². The average molecular weight is 251 g/mol. The van der Waals surface area contributed by atoms with Crippen LogP contribution in [0.15, 0.2) is 0 Å². The molecule has 1 amide bonds. The molecule has 2 bridgehead atoms. The summed E-state index contributed by atoms with van der Waals surface area (Å²) in [5.74, 6) is 0.654. The zero-order valence-electron chi connectivity index (χ0n) is 11.2. The molecule has 2 atom stereocenters. The van der Waals surface area contributed by atoms with E-state index in [9.17, 15) is 9.59 Å². The van der Waals surface area contributed by atoms with Crippen LogP contribution in [0, 0.1) is 16.7 Å². The molecule has 0 radical (unpaired) electrons. The van der Waals surface area contributed by atoms with Crippen LogP contribution in [0.3, 0.4) is 0 Å². The maximum Gasteiger partial charge on any atom is 0.236 e. The molecule has 2 aliphatic carbocycles. The fourth-order valence-corrected chi connectivity index (χ4v) is 4.03. The van der Waals surface area contributed by atoms with Gasteiger partial charge in [-0.1, -0.05) is 13.8 Å². The number of carbonyl (C=O) groups is 2. The third kappa shape index (κ3) is 1.41. The number of nitrogens with zero attached hydrogens (tertiary/aromatic N) is 1. The van der Waals surface area contributed by atoms with Crippen LogP contribution in [0.1, 0.15) is 33.1 Å². The van der Waals surface area contributed by atoms with Crippen molar-refractivity contribution in [3.05, 3.63) is 0 Å². The minimum Gasteiger partial charge on any atom is -0.378 e. The summed E-state index contributed by atoms with van der Waals surface area (Å²) in [4.78, 5) is 27.2. The summed E-state index contributed by atoms with van der Waals surface area (Å²) in [6.45, 7) is 6.49. The second-order valence-corrected chi connectivity index (χ2v) is 6.48. The lowest BCUT2D eigenvalue weighted by Gasteiger charge is -2.37. The van der Waals surface area contributed by atoms with Crippen molar-refractivity contribution >= 4 is 11.7 Å².